The molecule has 8 heteroatoms. The van der Waals surface area contributed by atoms with E-state index in [4.69, 9.17) is 14.8 Å². The second-order valence-corrected chi connectivity index (χ2v) is 9.25. The van der Waals surface area contributed by atoms with E-state index >= 15 is 0 Å². The van der Waals surface area contributed by atoms with Crippen LogP contribution < -0.4 is 5.32 Å². The maximum absolute atomic E-state index is 13.2. The highest BCUT2D eigenvalue weighted by Gasteiger charge is 2.31. The van der Waals surface area contributed by atoms with Crippen molar-refractivity contribution in [1.82, 2.24) is 25.0 Å². The second kappa shape index (κ2) is 9.52. The monoisotopic (exact) mass is 451 g/mol. The van der Waals surface area contributed by atoms with Gasteiger partial charge in [-0.15, -0.1) is 11.3 Å². The molecule has 7 nitrogen and oxygen atoms in total. The molecule has 0 saturated carbocycles. The number of fused-ring (bicyclic) bond motifs is 1. The van der Waals surface area contributed by atoms with E-state index in [1.807, 2.05) is 27.8 Å². The van der Waals surface area contributed by atoms with Crippen molar-refractivity contribution in [3.05, 3.63) is 57.7 Å². The van der Waals surface area contributed by atoms with Gasteiger partial charge in [0.05, 0.1) is 18.9 Å². The van der Waals surface area contributed by atoms with Crippen molar-refractivity contribution in [1.29, 1.82) is 0 Å². The number of aryl methyl sites for hydroxylation is 1. The summed E-state index contributed by atoms with van der Waals surface area (Å²) in [4.78, 5) is 19.9. The Labute approximate surface area is 192 Å². The number of aromatic nitrogens is 3. The zero-order valence-corrected chi connectivity index (χ0v) is 19.2. The summed E-state index contributed by atoms with van der Waals surface area (Å²) in [6, 6.07) is 10.6. The molecule has 1 aromatic carbocycles. The highest BCUT2D eigenvalue weighted by Crippen LogP contribution is 2.27. The predicted molar refractivity (Wildman–Crippen MR) is 125 cm³/mol. The van der Waals surface area contributed by atoms with E-state index in [1.54, 1.807) is 11.3 Å². The third-order valence-electron chi connectivity index (χ3n) is 6.31. The van der Waals surface area contributed by atoms with Crippen molar-refractivity contribution in [3.63, 3.8) is 0 Å². The quantitative estimate of drug-likeness (QED) is 0.623. The molecule has 1 saturated heterocycles. The second-order valence-electron chi connectivity index (χ2n) is 8.31. The van der Waals surface area contributed by atoms with E-state index in [1.165, 1.54) is 5.69 Å². The van der Waals surface area contributed by atoms with Crippen molar-refractivity contribution in [2.45, 2.75) is 45.3 Å². The number of rotatable bonds is 6. The van der Waals surface area contributed by atoms with Gasteiger partial charge in [0.2, 0.25) is 0 Å². The summed E-state index contributed by atoms with van der Waals surface area (Å²) in [5.41, 5.74) is 5.16. The molecular weight excluding hydrogens is 422 g/mol. The van der Waals surface area contributed by atoms with Crippen LogP contribution in [-0.2, 0) is 30.7 Å². The molecule has 1 amide bonds. The Morgan fingerprint density at radius 2 is 2.06 bits per heavy atom. The van der Waals surface area contributed by atoms with Gasteiger partial charge in [0.25, 0.3) is 5.91 Å². The molecule has 1 atom stereocenters. The van der Waals surface area contributed by atoms with Gasteiger partial charge in [-0.25, -0.2) is 4.98 Å². The molecule has 2 aliphatic rings. The third kappa shape index (κ3) is 4.35. The number of nitrogens with one attached hydrogen (secondary N) is 1. The van der Waals surface area contributed by atoms with Crippen molar-refractivity contribution < 1.29 is 9.53 Å². The third-order valence-corrected chi connectivity index (χ3v) is 7.16. The number of benzene rings is 1. The van der Waals surface area contributed by atoms with E-state index in [9.17, 15) is 4.79 Å². The molecule has 3 aromatic rings. The number of hydrogen-bond acceptors (Lipinski definition) is 6. The van der Waals surface area contributed by atoms with Crippen molar-refractivity contribution in [2.75, 3.05) is 26.3 Å². The molecule has 168 valence electrons. The fourth-order valence-corrected chi connectivity index (χ4v) is 5.33. The predicted octanol–water partition coefficient (Wildman–Crippen LogP) is 3.15. The van der Waals surface area contributed by atoms with E-state index < -0.39 is 0 Å². The number of morpholine rings is 1. The van der Waals surface area contributed by atoms with Gasteiger partial charge in [-0.2, -0.15) is 5.10 Å². The molecule has 32 heavy (non-hydrogen) atoms. The number of thiazole rings is 1. The van der Waals surface area contributed by atoms with Crippen LogP contribution in [0.5, 0.6) is 0 Å². The average Bonchev–Trinajstić information content (AvgIpc) is 3.48. The van der Waals surface area contributed by atoms with Crippen LogP contribution in [0, 0.1) is 0 Å². The fraction of sp³-hybridized carbons (Fsp3) is 0.458. The summed E-state index contributed by atoms with van der Waals surface area (Å²) in [5.74, 6) is 0.0461. The first-order valence-electron chi connectivity index (χ1n) is 11.4. The van der Waals surface area contributed by atoms with Gasteiger partial charge in [0.1, 0.15) is 5.01 Å². The molecule has 3 heterocycles. The highest BCUT2D eigenvalue weighted by molar-refractivity contribution is 7.09. The molecule has 1 fully saturated rings. The summed E-state index contributed by atoms with van der Waals surface area (Å²) < 4.78 is 7.43. The fourth-order valence-electron chi connectivity index (χ4n) is 4.58. The van der Waals surface area contributed by atoms with Crippen LogP contribution in [0.3, 0.4) is 0 Å². The largest absolute Gasteiger partial charge is 0.378 e. The minimum absolute atomic E-state index is 0.0461. The van der Waals surface area contributed by atoms with E-state index in [2.05, 4.69) is 29.8 Å². The molecule has 1 aliphatic heterocycles. The zero-order valence-electron chi connectivity index (χ0n) is 18.4. The number of carbonyl (C=O) groups is 1. The number of amides is 1. The Hall–Kier alpha value is -2.55. The Kier molecular flexibility index (Phi) is 6.34. The van der Waals surface area contributed by atoms with Crippen LogP contribution in [0.4, 0.5) is 0 Å². The Morgan fingerprint density at radius 3 is 2.84 bits per heavy atom. The van der Waals surface area contributed by atoms with Crippen molar-refractivity contribution in [3.8, 4) is 11.3 Å². The van der Waals surface area contributed by atoms with Crippen LogP contribution >= 0.6 is 11.3 Å². The maximum atomic E-state index is 13.2. The molecule has 1 unspecified atom stereocenters. The van der Waals surface area contributed by atoms with Gasteiger partial charge in [0, 0.05) is 54.4 Å². The lowest BCUT2D eigenvalue weighted by atomic mass is 9.91. The standard InChI is InChI=1S/C24H29N5O2S/c1-2-29-21-9-8-18(14-19(21)23(27-29)24(30)28-10-12-31-13-11-28)25-15-22-26-20(16-32-22)17-6-4-3-5-7-17/h3-7,16,18,25H,2,8-15H2,1H3. The maximum Gasteiger partial charge on any atom is 0.274 e. The lowest BCUT2D eigenvalue weighted by molar-refractivity contribution is 0.0297. The van der Waals surface area contributed by atoms with Crippen LogP contribution in [0.2, 0.25) is 0 Å². The van der Waals surface area contributed by atoms with Gasteiger partial charge >= 0.3 is 0 Å². The molecule has 1 N–H and O–H groups in total. The lowest BCUT2D eigenvalue weighted by Gasteiger charge is -2.27. The minimum Gasteiger partial charge on any atom is -0.378 e. The zero-order chi connectivity index (χ0) is 21.9. The first kappa shape index (κ1) is 21.3. The van der Waals surface area contributed by atoms with Crippen LogP contribution in [0.25, 0.3) is 11.3 Å². The Morgan fingerprint density at radius 1 is 1.25 bits per heavy atom. The van der Waals surface area contributed by atoms with Crippen molar-refractivity contribution in [2.24, 2.45) is 0 Å². The van der Waals surface area contributed by atoms with Gasteiger partial charge in [-0.3, -0.25) is 9.48 Å². The molecular formula is C24H29N5O2S. The number of carbonyl (C=O) groups excluding carboxylic acids is 1. The summed E-state index contributed by atoms with van der Waals surface area (Å²) in [5, 5.41) is 11.6. The number of nitrogens with zero attached hydrogens (tertiary/aromatic N) is 4. The Balaban J connectivity index is 1.27. The Bertz CT molecular complexity index is 1070. The van der Waals surface area contributed by atoms with Crippen molar-refractivity contribution >= 4 is 17.2 Å². The van der Waals surface area contributed by atoms with Crippen LogP contribution in [0.15, 0.2) is 35.7 Å². The van der Waals surface area contributed by atoms with E-state index in [0.717, 1.165) is 54.2 Å². The van der Waals surface area contributed by atoms with Crippen LogP contribution in [0.1, 0.15) is 40.1 Å². The lowest BCUT2D eigenvalue weighted by Crippen LogP contribution is -2.41. The summed E-state index contributed by atoms with van der Waals surface area (Å²) in [6.07, 6.45) is 2.82. The number of hydrogen-bond donors (Lipinski definition) is 1. The molecule has 1 aliphatic carbocycles. The van der Waals surface area contributed by atoms with Gasteiger partial charge in [0.15, 0.2) is 5.69 Å². The van der Waals surface area contributed by atoms with E-state index in [0.29, 0.717) is 38.0 Å². The first-order valence-corrected chi connectivity index (χ1v) is 12.3. The normalized spacial score (nSPS) is 18.5. The first-order chi connectivity index (χ1) is 15.7. The van der Waals surface area contributed by atoms with Gasteiger partial charge in [-0.05, 0) is 26.2 Å². The average molecular weight is 452 g/mol. The molecule has 0 spiro atoms. The van der Waals surface area contributed by atoms with E-state index in [-0.39, 0.29) is 5.91 Å². The minimum atomic E-state index is 0.0461. The highest BCUT2D eigenvalue weighted by atomic mass is 32.1. The molecule has 0 radical (unpaired) electrons. The summed E-state index contributed by atoms with van der Waals surface area (Å²) in [7, 11) is 0. The molecule has 2 aromatic heterocycles. The van der Waals surface area contributed by atoms with Gasteiger partial charge in [-0.1, -0.05) is 30.3 Å². The molecule has 5 rings (SSSR count). The van der Waals surface area contributed by atoms with Gasteiger partial charge < -0.3 is 15.0 Å². The topological polar surface area (TPSA) is 72.3 Å². The molecule has 0 bridgehead atoms. The number of ether oxygens (including phenoxy) is 1. The SMILES string of the molecule is CCn1nc(C(=O)N2CCOCC2)c2c1CCC(NCc1nc(-c3ccccc3)cs1)C2. The summed E-state index contributed by atoms with van der Waals surface area (Å²) in [6.45, 7) is 6.11. The van der Waals surface area contributed by atoms with Crippen LogP contribution in [-0.4, -0.2) is 57.9 Å². The smallest absolute Gasteiger partial charge is 0.274 e. The summed E-state index contributed by atoms with van der Waals surface area (Å²) >= 11 is 1.69.